The number of rotatable bonds is 1. The fourth-order valence-electron chi connectivity index (χ4n) is 1.26. The second-order valence-corrected chi connectivity index (χ2v) is 3.32. The van der Waals surface area contributed by atoms with Crippen LogP contribution in [0, 0.1) is 6.92 Å². The highest BCUT2D eigenvalue weighted by Gasteiger charge is 2.03. The molecule has 0 spiro atoms. The fourth-order valence-corrected chi connectivity index (χ4v) is 1.42. The number of hydrogen-bond donors (Lipinski definition) is 0. The number of pyridine rings is 1. The Morgan fingerprint density at radius 1 is 1.36 bits per heavy atom. The quantitative estimate of drug-likeness (QED) is 0.718. The van der Waals surface area contributed by atoms with Gasteiger partial charge >= 0.3 is 0 Å². The van der Waals surface area contributed by atoms with Crippen molar-refractivity contribution in [1.29, 1.82) is 0 Å². The lowest BCUT2D eigenvalue weighted by molar-refractivity contribution is 1.03. The van der Waals surface area contributed by atoms with E-state index in [-0.39, 0.29) is 0 Å². The third kappa shape index (κ3) is 1.72. The monoisotopic (exact) mass is 205 g/mol. The highest BCUT2D eigenvalue weighted by molar-refractivity contribution is 6.29. The Labute approximate surface area is 86.8 Å². The molecule has 0 fully saturated rings. The fraction of sp³-hybridized carbons (Fsp3) is 0.100. The zero-order chi connectivity index (χ0) is 9.97. The average molecular weight is 206 g/mol. The highest BCUT2D eigenvalue weighted by Crippen LogP contribution is 2.20. The predicted molar refractivity (Wildman–Crippen MR) is 55.0 cm³/mol. The summed E-state index contributed by atoms with van der Waals surface area (Å²) in [6.07, 6.45) is 3.40. The summed E-state index contributed by atoms with van der Waals surface area (Å²) in [7, 11) is 0. The van der Waals surface area contributed by atoms with Crippen LogP contribution in [0.15, 0.2) is 30.6 Å². The van der Waals surface area contributed by atoms with Gasteiger partial charge in [-0.25, -0.2) is 0 Å². The first-order valence-electron chi connectivity index (χ1n) is 4.17. The van der Waals surface area contributed by atoms with E-state index in [1.54, 1.807) is 18.5 Å². The molecular formula is C10H8ClN3. The minimum atomic E-state index is 0.382. The Hall–Kier alpha value is -1.48. The van der Waals surface area contributed by atoms with E-state index in [9.17, 15) is 0 Å². The zero-order valence-electron chi connectivity index (χ0n) is 7.61. The maximum atomic E-state index is 5.75. The molecule has 0 bridgehead atoms. The molecule has 14 heavy (non-hydrogen) atoms. The van der Waals surface area contributed by atoms with Gasteiger partial charge in [-0.1, -0.05) is 17.7 Å². The molecule has 0 unspecified atom stereocenters. The van der Waals surface area contributed by atoms with E-state index in [0.717, 1.165) is 16.8 Å². The van der Waals surface area contributed by atoms with E-state index >= 15 is 0 Å². The summed E-state index contributed by atoms with van der Waals surface area (Å²) in [5.74, 6) is 0. The van der Waals surface area contributed by atoms with Gasteiger partial charge in [0.25, 0.3) is 0 Å². The van der Waals surface area contributed by atoms with Crippen molar-refractivity contribution < 1.29 is 0 Å². The number of aryl methyl sites for hydroxylation is 1. The Morgan fingerprint density at radius 2 is 2.21 bits per heavy atom. The van der Waals surface area contributed by atoms with Crippen LogP contribution in [0.25, 0.3) is 11.3 Å². The molecule has 0 atom stereocenters. The number of aromatic nitrogens is 3. The van der Waals surface area contributed by atoms with Crippen LogP contribution in [0.2, 0.25) is 5.15 Å². The number of nitrogens with zero attached hydrogens (tertiary/aromatic N) is 3. The minimum absolute atomic E-state index is 0.382. The van der Waals surface area contributed by atoms with Gasteiger partial charge in [0.2, 0.25) is 0 Å². The Balaban J connectivity index is 2.55. The van der Waals surface area contributed by atoms with Crippen LogP contribution in [0.3, 0.4) is 0 Å². The van der Waals surface area contributed by atoms with E-state index in [4.69, 9.17) is 11.6 Å². The molecular weight excluding hydrogens is 198 g/mol. The first kappa shape index (κ1) is 9.09. The van der Waals surface area contributed by atoms with Gasteiger partial charge in [0.05, 0.1) is 11.9 Å². The zero-order valence-corrected chi connectivity index (χ0v) is 8.36. The molecule has 0 aliphatic carbocycles. The number of halogens is 1. The van der Waals surface area contributed by atoms with Gasteiger partial charge < -0.3 is 0 Å². The second-order valence-electron chi connectivity index (χ2n) is 2.94. The van der Waals surface area contributed by atoms with Crippen LogP contribution >= 0.6 is 11.6 Å². The summed E-state index contributed by atoms with van der Waals surface area (Å²) >= 11 is 5.75. The molecule has 2 aromatic heterocycles. The lowest BCUT2D eigenvalue weighted by atomic mass is 10.1. The van der Waals surface area contributed by atoms with Crippen molar-refractivity contribution in [2.45, 2.75) is 6.92 Å². The smallest absolute Gasteiger partial charge is 0.152 e. The molecule has 0 radical (unpaired) electrons. The van der Waals surface area contributed by atoms with Gasteiger partial charge in [0.15, 0.2) is 5.15 Å². The van der Waals surface area contributed by atoms with Crippen molar-refractivity contribution in [1.82, 2.24) is 15.2 Å². The predicted octanol–water partition coefficient (Wildman–Crippen LogP) is 2.50. The van der Waals surface area contributed by atoms with Gasteiger partial charge in [-0.15, -0.1) is 5.10 Å². The lowest BCUT2D eigenvalue weighted by Crippen LogP contribution is -1.89. The van der Waals surface area contributed by atoms with Gasteiger partial charge in [-0.3, -0.25) is 4.98 Å². The van der Waals surface area contributed by atoms with Gasteiger partial charge in [-0.05, 0) is 24.6 Å². The van der Waals surface area contributed by atoms with E-state index in [0.29, 0.717) is 5.15 Å². The van der Waals surface area contributed by atoms with Crippen LogP contribution in [-0.2, 0) is 0 Å². The maximum Gasteiger partial charge on any atom is 0.152 e. The summed E-state index contributed by atoms with van der Waals surface area (Å²) in [5.41, 5.74) is 2.88. The molecule has 0 saturated heterocycles. The molecule has 3 nitrogen and oxygen atoms in total. The first-order chi connectivity index (χ1) is 6.77. The largest absolute Gasteiger partial charge is 0.256 e. The molecule has 70 valence electrons. The molecule has 2 rings (SSSR count). The van der Waals surface area contributed by atoms with Crippen molar-refractivity contribution in [2.24, 2.45) is 0 Å². The first-order valence-corrected chi connectivity index (χ1v) is 4.55. The molecule has 4 heteroatoms. The van der Waals surface area contributed by atoms with Crippen LogP contribution in [0.4, 0.5) is 0 Å². The van der Waals surface area contributed by atoms with E-state index in [2.05, 4.69) is 15.2 Å². The normalized spacial score (nSPS) is 10.1. The van der Waals surface area contributed by atoms with Crippen LogP contribution in [0.5, 0.6) is 0 Å². The third-order valence-corrected chi connectivity index (χ3v) is 2.09. The summed E-state index contributed by atoms with van der Waals surface area (Å²) in [6, 6.07) is 5.65. The van der Waals surface area contributed by atoms with Gasteiger partial charge in [0.1, 0.15) is 0 Å². The summed E-state index contributed by atoms with van der Waals surface area (Å²) in [4.78, 5) is 4.26. The molecule has 0 amide bonds. The Bertz CT molecular complexity index is 457. The average Bonchev–Trinajstić information content (AvgIpc) is 2.18. The molecule has 2 aromatic rings. The standard InChI is InChI=1S/C10H8ClN3/c1-7-3-2-4-12-10(7)8-5-9(11)14-13-6-8/h2-6H,1H3. The molecule has 0 aromatic carbocycles. The molecule has 0 aliphatic heterocycles. The second kappa shape index (κ2) is 3.72. The van der Waals surface area contributed by atoms with Crippen LogP contribution < -0.4 is 0 Å². The summed E-state index contributed by atoms with van der Waals surface area (Å²) in [5, 5.41) is 7.84. The molecule has 0 N–H and O–H groups in total. The Morgan fingerprint density at radius 3 is 2.93 bits per heavy atom. The van der Waals surface area contributed by atoms with E-state index in [1.165, 1.54) is 0 Å². The van der Waals surface area contributed by atoms with E-state index in [1.807, 2.05) is 19.1 Å². The summed E-state index contributed by atoms with van der Waals surface area (Å²) < 4.78 is 0. The Kier molecular flexibility index (Phi) is 2.41. The molecule has 0 aliphatic rings. The van der Waals surface area contributed by atoms with Crippen molar-refractivity contribution in [2.75, 3.05) is 0 Å². The third-order valence-electron chi connectivity index (χ3n) is 1.91. The van der Waals surface area contributed by atoms with Crippen LogP contribution in [0.1, 0.15) is 5.56 Å². The SMILES string of the molecule is Cc1cccnc1-c1cnnc(Cl)c1. The molecule has 0 saturated carbocycles. The van der Waals surface area contributed by atoms with E-state index < -0.39 is 0 Å². The van der Waals surface area contributed by atoms with Crippen molar-refractivity contribution in [3.63, 3.8) is 0 Å². The highest BCUT2D eigenvalue weighted by atomic mass is 35.5. The van der Waals surface area contributed by atoms with Crippen molar-refractivity contribution in [3.05, 3.63) is 41.3 Å². The number of hydrogen-bond acceptors (Lipinski definition) is 3. The van der Waals surface area contributed by atoms with Gasteiger partial charge in [0, 0.05) is 11.8 Å². The molecule has 2 heterocycles. The lowest BCUT2D eigenvalue weighted by Gasteiger charge is -2.02. The maximum absolute atomic E-state index is 5.75. The van der Waals surface area contributed by atoms with Crippen molar-refractivity contribution in [3.8, 4) is 11.3 Å². The van der Waals surface area contributed by atoms with Gasteiger partial charge in [-0.2, -0.15) is 5.10 Å². The van der Waals surface area contributed by atoms with Crippen molar-refractivity contribution >= 4 is 11.6 Å². The minimum Gasteiger partial charge on any atom is -0.256 e. The topological polar surface area (TPSA) is 38.7 Å². The summed E-state index contributed by atoms with van der Waals surface area (Å²) in [6.45, 7) is 2.00. The van der Waals surface area contributed by atoms with Crippen LogP contribution in [-0.4, -0.2) is 15.2 Å².